The van der Waals surface area contributed by atoms with Crippen molar-refractivity contribution in [2.24, 2.45) is 0 Å². The second kappa shape index (κ2) is 10.4. The summed E-state index contributed by atoms with van der Waals surface area (Å²) in [7, 11) is -4.64. The smallest absolute Gasteiger partial charge is 0.457 e. The third-order valence-corrected chi connectivity index (χ3v) is 6.35. The molecule has 0 amide bonds. The summed E-state index contributed by atoms with van der Waals surface area (Å²) in [4.78, 5) is 8.85. The number of nitrogens with zero attached hydrogens (tertiary/aromatic N) is 2. The van der Waals surface area contributed by atoms with Crippen molar-refractivity contribution < 1.29 is 49.2 Å². The van der Waals surface area contributed by atoms with Crippen LogP contribution in [0.2, 0.25) is 0 Å². The first-order chi connectivity index (χ1) is 17.6. The molecule has 0 heterocycles. The van der Waals surface area contributed by atoms with Gasteiger partial charge in [-0.05, 0) is 60.7 Å². The number of nitriles is 1. The number of alkyl halides is 6. The molecule has 3 rings (SSSR count). The molecule has 0 saturated carbocycles. The monoisotopic (exact) mass is 558 g/mol. The molecule has 0 aromatic heterocycles. The number of rotatable bonds is 7. The molecule has 0 aliphatic heterocycles. The van der Waals surface area contributed by atoms with Gasteiger partial charge >= 0.3 is 12.5 Å². The Morgan fingerprint density at radius 1 is 0.921 bits per heavy atom. The molecule has 0 saturated heterocycles. The van der Waals surface area contributed by atoms with Crippen molar-refractivity contribution in [1.82, 2.24) is 0 Å². The highest BCUT2D eigenvalue weighted by Crippen LogP contribution is 2.35. The van der Waals surface area contributed by atoms with Crippen molar-refractivity contribution in [2.75, 3.05) is 0 Å². The Morgan fingerprint density at radius 2 is 1.50 bits per heavy atom. The molecule has 8 nitrogen and oxygen atoms in total. The van der Waals surface area contributed by atoms with Crippen molar-refractivity contribution in [3.8, 4) is 23.3 Å². The summed E-state index contributed by atoms with van der Waals surface area (Å²) in [6.07, 6.45) is -8.92. The predicted octanol–water partition coefficient (Wildman–Crippen LogP) is 6.64. The number of nitro groups is 1. The van der Waals surface area contributed by atoms with Crippen LogP contribution in [0.5, 0.6) is 17.2 Å². The minimum Gasteiger partial charge on any atom is -0.457 e. The van der Waals surface area contributed by atoms with Gasteiger partial charge in [0.05, 0.1) is 15.4 Å². The van der Waals surface area contributed by atoms with Crippen molar-refractivity contribution in [3.63, 3.8) is 0 Å². The SMILES string of the molecule is N#CC(=Cc1cc([N+](=O)[O-])ccc1Oc1ccc(C(F)(F)F)cc1)S(=O)(=O)c1ccc(OC(F)(F)F)cc1. The van der Waals surface area contributed by atoms with Crippen molar-refractivity contribution in [2.45, 2.75) is 17.4 Å². The number of non-ortho nitro benzene ring substituents is 1. The summed E-state index contributed by atoms with van der Waals surface area (Å²) < 4.78 is 111. The summed E-state index contributed by atoms with van der Waals surface area (Å²) >= 11 is 0. The highest BCUT2D eigenvalue weighted by atomic mass is 32.2. The Labute approximate surface area is 210 Å². The third-order valence-electron chi connectivity index (χ3n) is 4.67. The van der Waals surface area contributed by atoms with Gasteiger partial charge in [-0.25, -0.2) is 8.42 Å². The van der Waals surface area contributed by atoms with Gasteiger partial charge in [0.1, 0.15) is 28.2 Å². The topological polar surface area (TPSA) is 120 Å². The van der Waals surface area contributed by atoms with Crippen LogP contribution >= 0.6 is 0 Å². The lowest BCUT2D eigenvalue weighted by Gasteiger charge is -2.12. The maximum absolute atomic E-state index is 12.9. The summed E-state index contributed by atoms with van der Waals surface area (Å²) in [5.41, 5.74) is -1.80. The molecule has 0 bridgehead atoms. The van der Waals surface area contributed by atoms with Crippen LogP contribution in [0.3, 0.4) is 0 Å². The van der Waals surface area contributed by atoms with Gasteiger partial charge in [0.25, 0.3) is 5.69 Å². The molecule has 0 aliphatic rings. The van der Waals surface area contributed by atoms with Gasteiger partial charge in [-0.15, -0.1) is 13.2 Å². The molecule has 0 aliphatic carbocycles. The Balaban J connectivity index is 2.02. The number of halogens is 6. The van der Waals surface area contributed by atoms with Crippen LogP contribution in [-0.4, -0.2) is 19.7 Å². The van der Waals surface area contributed by atoms with Gasteiger partial charge in [0.2, 0.25) is 9.84 Å². The van der Waals surface area contributed by atoms with Gasteiger partial charge in [0.15, 0.2) is 0 Å². The van der Waals surface area contributed by atoms with Crippen LogP contribution in [0, 0.1) is 21.4 Å². The molecule has 0 spiro atoms. The van der Waals surface area contributed by atoms with Gasteiger partial charge < -0.3 is 9.47 Å². The summed E-state index contributed by atoms with van der Waals surface area (Å²) in [5, 5.41) is 20.7. The summed E-state index contributed by atoms with van der Waals surface area (Å²) in [6, 6.07) is 10.6. The van der Waals surface area contributed by atoms with Crippen LogP contribution in [0.25, 0.3) is 6.08 Å². The lowest BCUT2D eigenvalue weighted by Crippen LogP contribution is -2.17. The van der Waals surface area contributed by atoms with E-state index < -0.39 is 54.1 Å². The molecular weight excluding hydrogens is 546 g/mol. The molecule has 38 heavy (non-hydrogen) atoms. The largest absolute Gasteiger partial charge is 0.573 e. The van der Waals surface area contributed by atoms with Crippen molar-refractivity contribution >= 4 is 21.6 Å². The second-order valence-electron chi connectivity index (χ2n) is 7.25. The minimum atomic E-state index is -5.02. The Morgan fingerprint density at radius 3 is 2.00 bits per heavy atom. The Kier molecular flexibility index (Phi) is 7.68. The van der Waals surface area contributed by atoms with E-state index in [1.807, 2.05) is 0 Å². The predicted molar refractivity (Wildman–Crippen MR) is 119 cm³/mol. The van der Waals surface area contributed by atoms with Gasteiger partial charge in [-0.1, -0.05) is 0 Å². The number of nitro benzene ring substituents is 1. The van der Waals surface area contributed by atoms with Gasteiger partial charge in [0, 0.05) is 17.7 Å². The normalized spacial score (nSPS) is 12.5. The summed E-state index contributed by atoms with van der Waals surface area (Å²) in [6.45, 7) is 0. The zero-order valence-corrected chi connectivity index (χ0v) is 19.3. The molecule has 3 aromatic carbocycles. The number of allylic oxidation sites excluding steroid dienone is 1. The number of hydrogen-bond acceptors (Lipinski definition) is 7. The summed E-state index contributed by atoms with van der Waals surface area (Å²) in [5.74, 6) is -1.10. The van der Waals surface area contributed by atoms with E-state index in [0.29, 0.717) is 24.3 Å². The van der Waals surface area contributed by atoms with Crippen molar-refractivity contribution in [3.05, 3.63) is 92.9 Å². The molecule has 3 aromatic rings. The zero-order valence-electron chi connectivity index (χ0n) is 18.4. The van der Waals surface area contributed by atoms with Crippen molar-refractivity contribution in [1.29, 1.82) is 5.26 Å². The standard InChI is InChI=1S/C23H12F6N2O6S/c24-22(25,26)15-1-4-17(5-2-15)36-21-10-3-16(31(32)33)11-14(21)12-20(13-30)38(34,35)19-8-6-18(7-9-19)37-23(27,28)29/h1-12H. The van der Waals surface area contributed by atoms with Crippen LogP contribution < -0.4 is 9.47 Å². The van der Waals surface area contributed by atoms with Gasteiger partial charge in [-0.3, -0.25) is 10.1 Å². The van der Waals surface area contributed by atoms with E-state index in [0.717, 1.165) is 48.5 Å². The molecule has 0 fully saturated rings. The van der Waals surface area contributed by atoms with E-state index in [9.17, 15) is 50.1 Å². The van der Waals surface area contributed by atoms with E-state index in [1.54, 1.807) is 0 Å². The van der Waals surface area contributed by atoms with E-state index in [1.165, 1.54) is 6.07 Å². The van der Waals surface area contributed by atoms with E-state index >= 15 is 0 Å². The average molecular weight is 558 g/mol. The van der Waals surface area contributed by atoms with E-state index in [-0.39, 0.29) is 17.1 Å². The quantitative estimate of drug-likeness (QED) is 0.138. The Hall–Kier alpha value is -4.58. The molecule has 0 N–H and O–H groups in total. The number of sulfone groups is 1. The molecule has 0 radical (unpaired) electrons. The van der Waals surface area contributed by atoms with Crippen LogP contribution in [0.4, 0.5) is 32.0 Å². The van der Waals surface area contributed by atoms with E-state index in [4.69, 9.17) is 4.74 Å². The molecule has 15 heteroatoms. The fourth-order valence-corrected chi connectivity index (χ4v) is 4.10. The van der Waals surface area contributed by atoms with Crippen LogP contribution in [0.15, 0.2) is 76.5 Å². The molecule has 0 unspecified atom stereocenters. The van der Waals surface area contributed by atoms with Crippen LogP contribution in [0.1, 0.15) is 11.1 Å². The van der Waals surface area contributed by atoms with Gasteiger partial charge in [-0.2, -0.15) is 18.4 Å². The van der Waals surface area contributed by atoms with Crippen LogP contribution in [-0.2, 0) is 16.0 Å². The maximum atomic E-state index is 12.9. The first kappa shape index (κ1) is 28.0. The lowest BCUT2D eigenvalue weighted by molar-refractivity contribution is -0.384. The molecule has 198 valence electrons. The lowest BCUT2D eigenvalue weighted by atomic mass is 10.1. The second-order valence-corrected chi connectivity index (χ2v) is 9.16. The molecule has 0 atom stereocenters. The minimum absolute atomic E-state index is 0.136. The number of benzene rings is 3. The van der Waals surface area contributed by atoms with E-state index in [2.05, 4.69) is 4.74 Å². The third kappa shape index (κ3) is 6.79. The fraction of sp³-hybridized carbons (Fsp3) is 0.0870. The Bertz CT molecular complexity index is 1530. The number of ether oxygens (including phenoxy) is 2. The first-order valence-electron chi connectivity index (χ1n) is 9.96. The maximum Gasteiger partial charge on any atom is 0.573 e. The first-order valence-corrected chi connectivity index (χ1v) is 11.4. The number of hydrogen-bond donors (Lipinski definition) is 0. The molecular formula is C23H12F6N2O6S. The fourth-order valence-electron chi connectivity index (χ4n) is 2.95. The zero-order chi connectivity index (χ0) is 28.3. The highest BCUT2D eigenvalue weighted by molar-refractivity contribution is 7.95. The average Bonchev–Trinajstić information content (AvgIpc) is 2.82. The highest BCUT2D eigenvalue weighted by Gasteiger charge is 2.32.